The molecule has 1 saturated heterocycles. The van der Waals surface area contributed by atoms with Crippen LogP contribution in [0.25, 0.3) is 5.03 Å². The van der Waals surface area contributed by atoms with Crippen LogP contribution in [0.1, 0.15) is 55.4 Å². The van der Waals surface area contributed by atoms with Crippen LogP contribution >= 0.6 is 23.2 Å². The highest BCUT2D eigenvalue weighted by Crippen LogP contribution is 2.37. The van der Waals surface area contributed by atoms with Crippen molar-refractivity contribution in [1.82, 2.24) is 4.90 Å². The lowest BCUT2D eigenvalue weighted by Crippen LogP contribution is -2.46. The molecule has 1 aliphatic heterocycles. The molecule has 9 heteroatoms. The van der Waals surface area contributed by atoms with Crippen LogP contribution in [-0.4, -0.2) is 52.5 Å². The number of halogens is 3. The summed E-state index contributed by atoms with van der Waals surface area (Å²) in [7, 11) is 0. The maximum absolute atomic E-state index is 14.4. The molecule has 1 aliphatic carbocycles. The molecule has 0 atom stereocenters. The molecule has 37 heavy (non-hydrogen) atoms. The number of carboxylic acids is 1. The van der Waals surface area contributed by atoms with Crippen LogP contribution in [0, 0.1) is 5.41 Å². The molecule has 0 saturated carbocycles. The van der Waals surface area contributed by atoms with Gasteiger partial charge in [-0.05, 0) is 79.3 Å². The first-order chi connectivity index (χ1) is 17.6. The Morgan fingerprint density at radius 1 is 1.22 bits per heavy atom. The molecule has 0 radical (unpaired) electrons. The third-order valence-corrected chi connectivity index (χ3v) is 7.61. The minimum absolute atomic E-state index is 0.00495. The van der Waals surface area contributed by atoms with Crippen molar-refractivity contribution in [1.29, 1.82) is 5.41 Å². The zero-order chi connectivity index (χ0) is 26.7. The summed E-state index contributed by atoms with van der Waals surface area (Å²) in [5.41, 5.74) is 3.42. The molecule has 0 amide bonds. The lowest BCUT2D eigenvalue weighted by molar-refractivity contribution is -0.154. The molecule has 6 nitrogen and oxygen atoms in total. The van der Waals surface area contributed by atoms with Gasteiger partial charge in [0.2, 0.25) is 5.67 Å². The number of carbonyl (C=O) groups is 1. The Hall–Kier alpha value is -2.61. The largest absolute Gasteiger partial charge is 0.489 e. The van der Waals surface area contributed by atoms with Crippen molar-refractivity contribution in [2.75, 3.05) is 25.0 Å². The molecule has 0 unspecified atom stereocenters. The molecule has 0 bridgehead atoms. The van der Waals surface area contributed by atoms with E-state index >= 15 is 0 Å². The van der Waals surface area contributed by atoms with E-state index in [1.807, 2.05) is 50.2 Å². The summed E-state index contributed by atoms with van der Waals surface area (Å²) in [6.45, 7) is 5.82. The Labute approximate surface area is 226 Å². The highest BCUT2D eigenvalue weighted by atomic mass is 35.5. The van der Waals surface area contributed by atoms with E-state index in [1.54, 1.807) is 0 Å². The van der Waals surface area contributed by atoms with Crippen molar-refractivity contribution >= 4 is 45.1 Å². The van der Waals surface area contributed by atoms with Crippen molar-refractivity contribution in [3.63, 3.8) is 0 Å². The third kappa shape index (κ3) is 6.46. The molecule has 4 rings (SSSR count). The number of fused-ring (bicyclic) bond motifs is 1. The van der Waals surface area contributed by atoms with Crippen LogP contribution < -0.4 is 10.1 Å². The highest BCUT2D eigenvalue weighted by molar-refractivity contribution is 6.69. The Morgan fingerprint density at radius 3 is 2.59 bits per heavy atom. The molecule has 1 fully saturated rings. The van der Waals surface area contributed by atoms with Gasteiger partial charge in [0.05, 0.1) is 0 Å². The number of likely N-dealkylation sites (tertiary alicyclic amines) is 1. The number of aliphatic carboxylic acids is 1. The van der Waals surface area contributed by atoms with Gasteiger partial charge < -0.3 is 15.2 Å². The number of aryl methyl sites for hydroxylation is 1. The minimum atomic E-state index is -2.12. The second kappa shape index (κ2) is 11.4. The van der Waals surface area contributed by atoms with E-state index in [9.17, 15) is 9.18 Å². The summed E-state index contributed by atoms with van der Waals surface area (Å²) < 4.78 is 20.4. The molecule has 198 valence electrons. The van der Waals surface area contributed by atoms with Crippen LogP contribution in [-0.2, 0) is 17.8 Å². The zero-order valence-corrected chi connectivity index (χ0v) is 22.6. The lowest BCUT2D eigenvalue weighted by atomic mass is 9.90. The number of hydrogen-bond donors (Lipinski definition) is 3. The SMILES string of the molecule is CC(C)Nc1ccc(COc2ccc3c(c2)CCC(CN2CCC(F)(C(=O)O)CC2)=C3Cl)cc1C(=N)Cl. The first-order valence-corrected chi connectivity index (χ1v) is 13.2. The number of nitrogens with one attached hydrogen (secondary N) is 2. The van der Waals surface area contributed by atoms with E-state index in [1.165, 1.54) is 0 Å². The van der Waals surface area contributed by atoms with Crippen LogP contribution in [0.5, 0.6) is 5.75 Å². The summed E-state index contributed by atoms with van der Waals surface area (Å²) in [6, 6.07) is 11.8. The minimum Gasteiger partial charge on any atom is -0.489 e. The molecule has 2 aromatic rings. The normalized spacial score (nSPS) is 17.5. The summed E-state index contributed by atoms with van der Waals surface area (Å²) in [6.07, 6.45) is 1.60. The highest BCUT2D eigenvalue weighted by Gasteiger charge is 2.41. The number of benzene rings is 2. The van der Waals surface area contributed by atoms with Crippen molar-refractivity contribution in [3.8, 4) is 5.75 Å². The predicted molar refractivity (Wildman–Crippen MR) is 147 cm³/mol. The number of nitrogens with zero attached hydrogens (tertiary/aromatic N) is 1. The Balaban J connectivity index is 1.40. The van der Waals surface area contributed by atoms with Crippen LogP contribution in [0.4, 0.5) is 10.1 Å². The van der Waals surface area contributed by atoms with Crippen molar-refractivity contribution in [3.05, 3.63) is 64.2 Å². The molecule has 2 aliphatic rings. The third-order valence-electron chi connectivity index (χ3n) is 6.94. The van der Waals surface area contributed by atoms with Crippen molar-refractivity contribution in [2.24, 2.45) is 0 Å². The monoisotopic (exact) mass is 547 g/mol. The quantitative estimate of drug-likeness (QED) is 0.314. The number of carboxylic acid groups (broad SMARTS) is 1. The maximum Gasteiger partial charge on any atom is 0.341 e. The van der Waals surface area contributed by atoms with Gasteiger partial charge in [0.15, 0.2) is 0 Å². The summed E-state index contributed by atoms with van der Waals surface area (Å²) in [5.74, 6) is -0.629. The summed E-state index contributed by atoms with van der Waals surface area (Å²) in [5, 5.41) is 21.0. The zero-order valence-electron chi connectivity index (χ0n) is 21.0. The van der Waals surface area contributed by atoms with Gasteiger partial charge in [-0.3, -0.25) is 10.3 Å². The number of alkyl halides is 1. The van der Waals surface area contributed by atoms with Gasteiger partial charge in [0.25, 0.3) is 0 Å². The standard InChI is InChI=1S/C28H32Cl2FN3O3/c1-17(2)33-24-8-3-18(13-23(24)26(30)32)16-37-21-6-7-22-19(14-21)4-5-20(25(22)29)15-34-11-9-28(31,10-12-34)27(35)36/h3,6-8,13-14,17,32-33H,4-5,9-12,15-16H2,1-2H3,(H,35,36). The van der Waals surface area contributed by atoms with Gasteiger partial charge in [-0.15, -0.1) is 0 Å². The van der Waals surface area contributed by atoms with Crippen molar-refractivity contribution < 1.29 is 19.0 Å². The number of hydrogen-bond acceptors (Lipinski definition) is 5. The molecule has 0 spiro atoms. The van der Waals surface area contributed by atoms with Crippen molar-refractivity contribution in [2.45, 2.75) is 57.8 Å². The second-order valence-electron chi connectivity index (χ2n) is 10.1. The van der Waals surface area contributed by atoms with Gasteiger partial charge in [0, 0.05) is 54.8 Å². The average molecular weight is 548 g/mol. The van der Waals surface area contributed by atoms with E-state index in [4.69, 9.17) is 38.5 Å². The molecule has 2 aromatic carbocycles. The molecule has 0 aromatic heterocycles. The second-order valence-corrected chi connectivity index (χ2v) is 10.8. The van der Waals surface area contributed by atoms with E-state index in [2.05, 4.69) is 10.2 Å². The number of rotatable bonds is 9. The first kappa shape index (κ1) is 27.4. The van der Waals surface area contributed by atoms with E-state index in [0.29, 0.717) is 36.8 Å². The smallest absolute Gasteiger partial charge is 0.341 e. The number of anilines is 1. The summed E-state index contributed by atoms with van der Waals surface area (Å²) in [4.78, 5) is 13.2. The van der Waals surface area contributed by atoms with Gasteiger partial charge in [-0.1, -0.05) is 29.3 Å². The fraction of sp³-hybridized carbons (Fsp3) is 0.429. The van der Waals surface area contributed by atoms with Crippen LogP contribution in [0.15, 0.2) is 42.0 Å². The Bertz CT molecular complexity index is 1220. The average Bonchev–Trinajstić information content (AvgIpc) is 2.86. The fourth-order valence-electron chi connectivity index (χ4n) is 4.83. The summed E-state index contributed by atoms with van der Waals surface area (Å²) >= 11 is 12.8. The number of piperidine rings is 1. The molecular formula is C28H32Cl2FN3O3. The van der Waals surface area contributed by atoms with Crippen LogP contribution in [0.3, 0.4) is 0 Å². The van der Waals surface area contributed by atoms with E-state index in [0.717, 1.165) is 46.5 Å². The van der Waals surface area contributed by atoms with Gasteiger partial charge in [-0.2, -0.15) is 0 Å². The number of ether oxygens (including phenoxy) is 1. The molecular weight excluding hydrogens is 516 g/mol. The van der Waals surface area contributed by atoms with E-state index < -0.39 is 11.6 Å². The van der Waals surface area contributed by atoms with Crippen LogP contribution in [0.2, 0.25) is 0 Å². The Kier molecular flexibility index (Phi) is 8.46. The van der Waals surface area contributed by atoms with Gasteiger partial charge in [0.1, 0.15) is 17.5 Å². The van der Waals surface area contributed by atoms with Gasteiger partial charge in [-0.25, -0.2) is 9.18 Å². The maximum atomic E-state index is 14.4. The Morgan fingerprint density at radius 2 is 1.95 bits per heavy atom. The van der Waals surface area contributed by atoms with E-state index in [-0.39, 0.29) is 24.1 Å². The fourth-order valence-corrected chi connectivity index (χ4v) is 5.33. The predicted octanol–water partition coefficient (Wildman–Crippen LogP) is 6.43. The topological polar surface area (TPSA) is 85.7 Å². The first-order valence-electron chi connectivity index (χ1n) is 12.5. The van der Waals surface area contributed by atoms with Gasteiger partial charge >= 0.3 is 5.97 Å². The molecule has 1 heterocycles. The lowest BCUT2D eigenvalue weighted by Gasteiger charge is -2.35. The molecule has 3 N–H and O–H groups in total.